The van der Waals surface area contributed by atoms with Crippen LogP contribution in [0.4, 0.5) is 0 Å². The Morgan fingerprint density at radius 1 is 1.10 bits per heavy atom. The van der Waals surface area contributed by atoms with Gasteiger partial charge in [0.25, 0.3) is 0 Å². The van der Waals surface area contributed by atoms with Crippen LogP contribution in [0.1, 0.15) is 45.3 Å². The lowest BCUT2D eigenvalue weighted by molar-refractivity contribution is 0.0475. The summed E-state index contributed by atoms with van der Waals surface area (Å²) in [7, 11) is 1.57. The largest absolute Gasteiger partial charge is 0.497 e. The zero-order valence-corrected chi connectivity index (χ0v) is 16.6. The van der Waals surface area contributed by atoms with Gasteiger partial charge in [-0.3, -0.25) is 9.78 Å². The molecule has 0 saturated heterocycles. The third-order valence-electron chi connectivity index (χ3n) is 5.46. The van der Waals surface area contributed by atoms with E-state index in [1.165, 1.54) is 0 Å². The van der Waals surface area contributed by atoms with Gasteiger partial charge in [0.1, 0.15) is 5.75 Å². The van der Waals surface area contributed by atoms with E-state index in [1.807, 2.05) is 24.3 Å². The molecule has 0 radical (unpaired) electrons. The van der Waals surface area contributed by atoms with Crippen molar-refractivity contribution >= 4 is 22.7 Å². The van der Waals surface area contributed by atoms with Gasteiger partial charge in [-0.2, -0.15) is 0 Å². The molecule has 5 nitrogen and oxygen atoms in total. The van der Waals surface area contributed by atoms with Crippen molar-refractivity contribution in [3.8, 4) is 5.75 Å². The Kier molecular flexibility index (Phi) is 5.30. The maximum atomic E-state index is 13.1. The molecule has 0 saturated carbocycles. The molecular weight excluding hydrogens is 366 g/mol. The van der Waals surface area contributed by atoms with Crippen LogP contribution in [0, 0.1) is 5.92 Å². The van der Waals surface area contributed by atoms with Crippen molar-refractivity contribution in [2.75, 3.05) is 13.7 Å². The minimum absolute atomic E-state index is 0.249. The number of ether oxygens (including phenoxy) is 2. The predicted octanol–water partition coefficient (Wildman–Crippen LogP) is 4.41. The van der Waals surface area contributed by atoms with Gasteiger partial charge in [-0.1, -0.05) is 25.1 Å². The monoisotopic (exact) mass is 389 g/mol. The van der Waals surface area contributed by atoms with Crippen LogP contribution in [0.2, 0.25) is 0 Å². The van der Waals surface area contributed by atoms with Crippen LogP contribution in [0.25, 0.3) is 10.9 Å². The number of esters is 1. The van der Waals surface area contributed by atoms with E-state index in [0.29, 0.717) is 22.8 Å². The number of para-hydroxylation sites is 1. The smallest absolute Gasteiger partial charge is 0.339 e. The van der Waals surface area contributed by atoms with Crippen molar-refractivity contribution in [2.24, 2.45) is 5.92 Å². The summed E-state index contributed by atoms with van der Waals surface area (Å²) in [5.74, 6) is 0.443. The fourth-order valence-corrected chi connectivity index (χ4v) is 3.86. The van der Waals surface area contributed by atoms with Gasteiger partial charge in [-0.15, -0.1) is 0 Å². The minimum atomic E-state index is -0.462. The standard InChI is InChI=1S/C24H23NO4/c1-15-7-12-21-19(13-15)23(18-5-3-4-6-20(18)25-21)24(27)29-14-22(26)16-8-10-17(28-2)11-9-16/h3-6,8-11,15H,7,12-14H2,1-2H3. The number of aryl methyl sites for hydroxylation is 1. The minimum Gasteiger partial charge on any atom is -0.497 e. The molecule has 5 heteroatoms. The zero-order chi connectivity index (χ0) is 20.4. The van der Waals surface area contributed by atoms with E-state index in [0.717, 1.165) is 41.4 Å². The van der Waals surface area contributed by atoms with Gasteiger partial charge in [0, 0.05) is 16.6 Å². The van der Waals surface area contributed by atoms with Gasteiger partial charge in [0.2, 0.25) is 0 Å². The molecule has 4 rings (SSSR count). The maximum Gasteiger partial charge on any atom is 0.339 e. The van der Waals surface area contributed by atoms with Crippen molar-refractivity contribution in [1.29, 1.82) is 0 Å². The van der Waals surface area contributed by atoms with E-state index in [9.17, 15) is 9.59 Å². The summed E-state index contributed by atoms with van der Waals surface area (Å²) in [5, 5.41) is 0.780. The van der Waals surface area contributed by atoms with Gasteiger partial charge in [-0.05, 0) is 61.1 Å². The number of fused-ring (bicyclic) bond motifs is 2. The van der Waals surface area contributed by atoms with Gasteiger partial charge in [0.05, 0.1) is 18.2 Å². The van der Waals surface area contributed by atoms with Gasteiger partial charge in [-0.25, -0.2) is 4.79 Å². The topological polar surface area (TPSA) is 65.5 Å². The number of methoxy groups -OCH3 is 1. The summed E-state index contributed by atoms with van der Waals surface area (Å²) in [4.78, 5) is 30.3. The van der Waals surface area contributed by atoms with Crippen LogP contribution in [-0.2, 0) is 17.6 Å². The first-order valence-corrected chi connectivity index (χ1v) is 9.81. The first kappa shape index (κ1) is 19.1. The molecule has 1 aliphatic rings. The molecule has 0 amide bonds. The Morgan fingerprint density at radius 3 is 2.62 bits per heavy atom. The quantitative estimate of drug-likeness (QED) is 0.478. The Hall–Kier alpha value is -3.21. The van der Waals surface area contributed by atoms with Crippen molar-refractivity contribution in [3.63, 3.8) is 0 Å². The summed E-state index contributed by atoms with van der Waals surface area (Å²) in [6.07, 6.45) is 2.71. The number of aromatic nitrogens is 1. The number of rotatable bonds is 5. The van der Waals surface area contributed by atoms with E-state index in [-0.39, 0.29) is 12.4 Å². The molecule has 1 heterocycles. The van der Waals surface area contributed by atoms with Crippen LogP contribution in [0.5, 0.6) is 5.75 Å². The second kappa shape index (κ2) is 8.03. The Balaban J connectivity index is 1.61. The Morgan fingerprint density at radius 2 is 1.86 bits per heavy atom. The Labute approximate surface area is 169 Å². The molecule has 0 bridgehead atoms. The average molecular weight is 389 g/mol. The number of hydrogen-bond acceptors (Lipinski definition) is 5. The second-order valence-corrected chi connectivity index (χ2v) is 7.50. The molecule has 2 aromatic carbocycles. The van der Waals surface area contributed by atoms with Crippen molar-refractivity contribution < 1.29 is 19.1 Å². The highest BCUT2D eigenvalue weighted by atomic mass is 16.5. The molecule has 1 unspecified atom stereocenters. The molecule has 29 heavy (non-hydrogen) atoms. The molecule has 0 N–H and O–H groups in total. The highest BCUT2D eigenvalue weighted by molar-refractivity contribution is 6.06. The number of ketones is 1. The SMILES string of the molecule is COc1ccc(C(=O)COC(=O)c2c3c(nc4ccccc24)CCC(C)C3)cc1. The number of benzene rings is 2. The summed E-state index contributed by atoms with van der Waals surface area (Å²) in [5.41, 5.74) is 3.75. The molecular formula is C24H23NO4. The van der Waals surface area contributed by atoms with Gasteiger partial charge < -0.3 is 9.47 Å². The van der Waals surface area contributed by atoms with Crippen LogP contribution in [0.15, 0.2) is 48.5 Å². The summed E-state index contributed by atoms with van der Waals surface area (Å²) >= 11 is 0. The number of nitrogens with zero attached hydrogens (tertiary/aromatic N) is 1. The fraction of sp³-hybridized carbons (Fsp3) is 0.292. The number of Topliss-reactive ketones (excluding diaryl/α,β-unsaturated/α-hetero) is 1. The first-order chi connectivity index (χ1) is 14.1. The van der Waals surface area contributed by atoms with E-state index < -0.39 is 5.97 Å². The van der Waals surface area contributed by atoms with E-state index >= 15 is 0 Å². The Bertz CT molecular complexity index is 1070. The molecule has 0 aliphatic heterocycles. The molecule has 0 spiro atoms. The molecule has 3 aromatic rings. The van der Waals surface area contributed by atoms with Gasteiger partial charge >= 0.3 is 5.97 Å². The highest BCUT2D eigenvalue weighted by Gasteiger charge is 2.26. The summed E-state index contributed by atoms with van der Waals surface area (Å²) in [6, 6.07) is 14.4. The predicted molar refractivity (Wildman–Crippen MR) is 111 cm³/mol. The number of carbonyl (C=O) groups is 2. The maximum absolute atomic E-state index is 13.1. The average Bonchev–Trinajstić information content (AvgIpc) is 2.75. The normalized spacial score (nSPS) is 15.6. The lowest BCUT2D eigenvalue weighted by Crippen LogP contribution is -2.21. The number of carbonyl (C=O) groups excluding carboxylic acids is 2. The van der Waals surface area contributed by atoms with Crippen LogP contribution in [0.3, 0.4) is 0 Å². The van der Waals surface area contributed by atoms with Crippen LogP contribution < -0.4 is 4.74 Å². The first-order valence-electron chi connectivity index (χ1n) is 9.81. The fourth-order valence-electron chi connectivity index (χ4n) is 3.86. The van der Waals surface area contributed by atoms with Crippen molar-refractivity contribution in [3.05, 3.63) is 70.9 Å². The van der Waals surface area contributed by atoms with Crippen molar-refractivity contribution in [2.45, 2.75) is 26.2 Å². The summed E-state index contributed by atoms with van der Waals surface area (Å²) < 4.78 is 10.6. The van der Waals surface area contributed by atoms with Crippen LogP contribution >= 0.6 is 0 Å². The molecule has 1 aliphatic carbocycles. The third-order valence-corrected chi connectivity index (χ3v) is 5.46. The van der Waals surface area contributed by atoms with E-state index in [2.05, 4.69) is 6.92 Å². The third kappa shape index (κ3) is 3.86. The molecule has 148 valence electrons. The molecule has 1 aromatic heterocycles. The van der Waals surface area contributed by atoms with E-state index in [1.54, 1.807) is 31.4 Å². The highest BCUT2D eigenvalue weighted by Crippen LogP contribution is 2.32. The lowest BCUT2D eigenvalue weighted by Gasteiger charge is -2.24. The van der Waals surface area contributed by atoms with E-state index in [4.69, 9.17) is 14.5 Å². The molecule has 0 fully saturated rings. The second-order valence-electron chi connectivity index (χ2n) is 7.50. The lowest BCUT2D eigenvalue weighted by atomic mass is 9.84. The zero-order valence-electron chi connectivity index (χ0n) is 16.6. The van der Waals surface area contributed by atoms with Gasteiger partial charge in [0.15, 0.2) is 12.4 Å². The number of pyridine rings is 1. The number of hydrogen-bond donors (Lipinski definition) is 0. The molecule has 1 atom stereocenters. The van der Waals surface area contributed by atoms with Crippen LogP contribution in [-0.4, -0.2) is 30.5 Å². The van der Waals surface area contributed by atoms with Crippen molar-refractivity contribution in [1.82, 2.24) is 4.98 Å². The summed E-state index contributed by atoms with van der Waals surface area (Å²) in [6.45, 7) is 1.88.